The van der Waals surface area contributed by atoms with Gasteiger partial charge >= 0.3 is 0 Å². The van der Waals surface area contributed by atoms with Crippen molar-refractivity contribution in [2.24, 2.45) is 0 Å². The second-order valence-electron chi connectivity index (χ2n) is 4.85. The van der Waals surface area contributed by atoms with E-state index in [1.165, 1.54) is 12.1 Å². The lowest BCUT2D eigenvalue weighted by Gasteiger charge is -2.19. The monoisotopic (exact) mass is 344 g/mol. The molecular formula is C17H14BrFN2. The molecule has 0 bridgehead atoms. The molecule has 21 heavy (non-hydrogen) atoms. The van der Waals surface area contributed by atoms with E-state index in [1.54, 1.807) is 6.07 Å². The summed E-state index contributed by atoms with van der Waals surface area (Å²) in [6.07, 6.45) is 1.86. The lowest BCUT2D eigenvalue weighted by molar-refractivity contribution is 0.621. The van der Waals surface area contributed by atoms with Crippen molar-refractivity contribution in [3.05, 3.63) is 76.1 Å². The highest BCUT2D eigenvalue weighted by atomic mass is 79.9. The molecule has 1 heterocycles. The van der Waals surface area contributed by atoms with E-state index < -0.39 is 0 Å². The molecule has 1 atom stereocenters. The predicted molar refractivity (Wildman–Crippen MR) is 86.7 cm³/mol. The maximum atomic E-state index is 13.3. The zero-order valence-corrected chi connectivity index (χ0v) is 13.1. The van der Waals surface area contributed by atoms with Gasteiger partial charge in [-0.3, -0.25) is 4.98 Å². The van der Waals surface area contributed by atoms with Gasteiger partial charge in [-0.1, -0.05) is 40.2 Å². The molecule has 0 aliphatic rings. The number of pyridine rings is 1. The number of nitrogens with one attached hydrogen (secondary N) is 1. The van der Waals surface area contributed by atoms with Gasteiger partial charge in [0.15, 0.2) is 0 Å². The Morgan fingerprint density at radius 2 is 1.95 bits per heavy atom. The first-order chi connectivity index (χ1) is 10.2. The average Bonchev–Trinajstić information content (AvgIpc) is 2.50. The summed E-state index contributed by atoms with van der Waals surface area (Å²) in [5.41, 5.74) is 2.99. The molecule has 4 heteroatoms. The van der Waals surface area contributed by atoms with E-state index in [-0.39, 0.29) is 11.9 Å². The molecule has 2 aromatic carbocycles. The van der Waals surface area contributed by atoms with E-state index in [1.807, 2.05) is 37.5 Å². The molecular weight excluding hydrogens is 331 g/mol. The maximum Gasteiger partial charge on any atom is 0.124 e. The first-order valence-electron chi connectivity index (χ1n) is 6.66. The van der Waals surface area contributed by atoms with Gasteiger partial charge in [0.1, 0.15) is 5.82 Å². The summed E-state index contributed by atoms with van der Waals surface area (Å²) in [6, 6.07) is 14.8. The number of halogens is 2. The summed E-state index contributed by atoms with van der Waals surface area (Å²) >= 11 is 3.44. The lowest BCUT2D eigenvalue weighted by Crippen LogP contribution is -2.18. The molecule has 1 aromatic heterocycles. The molecule has 0 fully saturated rings. The van der Waals surface area contributed by atoms with Crippen molar-refractivity contribution in [3.8, 4) is 0 Å². The van der Waals surface area contributed by atoms with Gasteiger partial charge in [0.25, 0.3) is 0 Å². The highest BCUT2D eigenvalue weighted by Crippen LogP contribution is 2.30. The third-order valence-electron chi connectivity index (χ3n) is 3.51. The zero-order chi connectivity index (χ0) is 14.8. The van der Waals surface area contributed by atoms with Gasteiger partial charge in [0.2, 0.25) is 0 Å². The lowest BCUT2D eigenvalue weighted by atomic mass is 9.99. The third kappa shape index (κ3) is 2.82. The van der Waals surface area contributed by atoms with Crippen LogP contribution in [0.25, 0.3) is 10.9 Å². The summed E-state index contributed by atoms with van der Waals surface area (Å²) < 4.78 is 14.0. The van der Waals surface area contributed by atoms with E-state index >= 15 is 0 Å². The van der Waals surface area contributed by atoms with Gasteiger partial charge in [-0.25, -0.2) is 4.39 Å². The molecule has 1 N–H and O–H groups in total. The van der Waals surface area contributed by atoms with E-state index in [2.05, 4.69) is 32.3 Å². The van der Waals surface area contributed by atoms with Crippen molar-refractivity contribution in [1.82, 2.24) is 10.3 Å². The van der Waals surface area contributed by atoms with E-state index in [0.29, 0.717) is 0 Å². The molecule has 3 aromatic rings. The number of benzene rings is 2. The van der Waals surface area contributed by atoms with Crippen LogP contribution >= 0.6 is 15.9 Å². The summed E-state index contributed by atoms with van der Waals surface area (Å²) in [6.45, 7) is 0. The first kappa shape index (κ1) is 14.2. The number of hydrogen-bond acceptors (Lipinski definition) is 2. The number of rotatable bonds is 3. The molecule has 0 amide bonds. The smallest absolute Gasteiger partial charge is 0.124 e. The summed E-state index contributed by atoms with van der Waals surface area (Å²) in [4.78, 5) is 4.49. The predicted octanol–water partition coefficient (Wildman–Crippen LogP) is 4.45. The van der Waals surface area contributed by atoms with Crippen molar-refractivity contribution < 1.29 is 4.39 Å². The minimum absolute atomic E-state index is 0.0444. The standard InChI is InChI=1S/C17H14BrFN2/c1-20-17(14-7-6-13(19)9-15(14)18)12-8-11-4-2-3-5-16(11)21-10-12/h2-10,17,20H,1H3. The van der Waals surface area contributed by atoms with Gasteiger partial charge in [0.05, 0.1) is 11.6 Å². The van der Waals surface area contributed by atoms with Crippen LogP contribution in [-0.4, -0.2) is 12.0 Å². The Kier molecular flexibility index (Phi) is 3.99. The van der Waals surface area contributed by atoms with Crippen molar-refractivity contribution in [2.45, 2.75) is 6.04 Å². The van der Waals surface area contributed by atoms with Crippen LogP contribution < -0.4 is 5.32 Å². The number of hydrogen-bond donors (Lipinski definition) is 1. The van der Waals surface area contributed by atoms with Crippen molar-refractivity contribution in [3.63, 3.8) is 0 Å². The van der Waals surface area contributed by atoms with Crippen molar-refractivity contribution in [2.75, 3.05) is 7.05 Å². The van der Waals surface area contributed by atoms with Gasteiger partial charge in [0, 0.05) is 16.1 Å². The molecule has 3 rings (SSSR count). The van der Waals surface area contributed by atoms with E-state index in [4.69, 9.17) is 0 Å². The van der Waals surface area contributed by atoms with Crippen LogP contribution in [0.4, 0.5) is 4.39 Å². The third-order valence-corrected chi connectivity index (χ3v) is 4.19. The molecule has 106 valence electrons. The average molecular weight is 345 g/mol. The molecule has 0 spiro atoms. The minimum atomic E-state index is -0.253. The minimum Gasteiger partial charge on any atom is -0.309 e. The topological polar surface area (TPSA) is 24.9 Å². The Labute approximate surface area is 131 Å². The summed E-state index contributed by atoms with van der Waals surface area (Å²) in [7, 11) is 1.88. The van der Waals surface area contributed by atoms with Crippen LogP contribution in [0.15, 0.2) is 59.2 Å². The van der Waals surface area contributed by atoms with Gasteiger partial charge in [-0.2, -0.15) is 0 Å². The van der Waals surface area contributed by atoms with E-state index in [9.17, 15) is 4.39 Å². The fraction of sp³-hybridized carbons (Fsp3) is 0.118. The molecule has 0 radical (unpaired) electrons. The van der Waals surface area contributed by atoms with Crippen molar-refractivity contribution in [1.29, 1.82) is 0 Å². The Bertz CT molecular complexity index is 789. The van der Waals surface area contributed by atoms with Crippen LogP contribution in [0.5, 0.6) is 0 Å². The normalized spacial score (nSPS) is 12.5. The number of para-hydroxylation sites is 1. The largest absolute Gasteiger partial charge is 0.309 e. The Hall–Kier alpha value is -1.78. The second-order valence-corrected chi connectivity index (χ2v) is 5.70. The van der Waals surface area contributed by atoms with Crippen LogP contribution in [-0.2, 0) is 0 Å². The maximum absolute atomic E-state index is 13.3. The van der Waals surface area contributed by atoms with Crippen LogP contribution in [0.3, 0.4) is 0 Å². The summed E-state index contributed by atoms with van der Waals surface area (Å²) in [5, 5.41) is 4.36. The quantitative estimate of drug-likeness (QED) is 0.759. The SMILES string of the molecule is CNC(c1cnc2ccccc2c1)c1ccc(F)cc1Br. The van der Waals surface area contributed by atoms with Crippen LogP contribution in [0.2, 0.25) is 0 Å². The Balaban J connectivity index is 2.09. The van der Waals surface area contributed by atoms with Gasteiger partial charge in [-0.15, -0.1) is 0 Å². The van der Waals surface area contributed by atoms with Crippen LogP contribution in [0.1, 0.15) is 17.2 Å². The molecule has 0 saturated carbocycles. The second kappa shape index (κ2) is 5.92. The fourth-order valence-electron chi connectivity index (χ4n) is 2.48. The van der Waals surface area contributed by atoms with Crippen molar-refractivity contribution >= 4 is 26.8 Å². The first-order valence-corrected chi connectivity index (χ1v) is 7.45. The Morgan fingerprint density at radius 3 is 2.71 bits per heavy atom. The number of aromatic nitrogens is 1. The molecule has 0 saturated heterocycles. The van der Waals surface area contributed by atoms with Gasteiger partial charge in [-0.05, 0) is 42.4 Å². The summed E-state index contributed by atoms with van der Waals surface area (Å²) in [5.74, 6) is -0.253. The number of fused-ring (bicyclic) bond motifs is 1. The highest BCUT2D eigenvalue weighted by molar-refractivity contribution is 9.10. The van der Waals surface area contributed by atoms with E-state index in [0.717, 1.165) is 26.5 Å². The van der Waals surface area contributed by atoms with Crippen LogP contribution in [0, 0.1) is 5.82 Å². The molecule has 1 unspecified atom stereocenters. The number of nitrogens with zero attached hydrogens (tertiary/aromatic N) is 1. The fourth-order valence-corrected chi connectivity index (χ4v) is 3.06. The molecule has 2 nitrogen and oxygen atoms in total. The van der Waals surface area contributed by atoms with Gasteiger partial charge < -0.3 is 5.32 Å². The molecule has 0 aliphatic carbocycles. The molecule has 0 aliphatic heterocycles. The Morgan fingerprint density at radius 1 is 1.14 bits per heavy atom. The highest BCUT2D eigenvalue weighted by Gasteiger charge is 2.16. The zero-order valence-electron chi connectivity index (χ0n) is 11.5.